The summed E-state index contributed by atoms with van der Waals surface area (Å²) in [5, 5.41) is 0. The summed E-state index contributed by atoms with van der Waals surface area (Å²) in [6.45, 7) is 5.24. The minimum Gasteiger partial charge on any atom is -0.492 e. The number of carbonyl (C=O) groups excluding carboxylic acids is 1. The molecule has 29 heavy (non-hydrogen) atoms. The zero-order valence-electron chi connectivity index (χ0n) is 16.8. The van der Waals surface area contributed by atoms with Gasteiger partial charge in [-0.15, -0.1) is 0 Å². The van der Waals surface area contributed by atoms with Gasteiger partial charge in [0.25, 0.3) is 0 Å². The second-order valence-corrected chi connectivity index (χ2v) is 7.74. The molecule has 1 fully saturated rings. The summed E-state index contributed by atoms with van der Waals surface area (Å²) in [7, 11) is 0. The molecule has 4 rings (SSSR count). The maximum atomic E-state index is 13.0. The van der Waals surface area contributed by atoms with Gasteiger partial charge in [0.15, 0.2) is 0 Å². The van der Waals surface area contributed by atoms with Crippen LogP contribution in [0.1, 0.15) is 49.3 Å². The van der Waals surface area contributed by atoms with Crippen molar-refractivity contribution >= 4 is 5.91 Å². The van der Waals surface area contributed by atoms with Gasteiger partial charge < -0.3 is 9.64 Å². The maximum Gasteiger partial charge on any atom is 0.219 e. The van der Waals surface area contributed by atoms with Gasteiger partial charge in [-0.2, -0.15) is 0 Å². The molecule has 2 aliphatic rings. The van der Waals surface area contributed by atoms with Crippen molar-refractivity contribution in [2.24, 2.45) is 0 Å². The summed E-state index contributed by atoms with van der Waals surface area (Å²) < 4.78 is 18.8. The molecule has 1 atom stereocenters. The third-order valence-electron chi connectivity index (χ3n) is 5.77. The molecule has 1 saturated heterocycles. The lowest BCUT2D eigenvalue weighted by atomic mass is 10.0. The van der Waals surface area contributed by atoms with Crippen molar-refractivity contribution in [3.8, 4) is 5.75 Å². The maximum absolute atomic E-state index is 13.0. The molecule has 0 aliphatic carbocycles. The smallest absolute Gasteiger partial charge is 0.219 e. The second-order valence-electron chi connectivity index (χ2n) is 7.74. The van der Waals surface area contributed by atoms with Crippen LogP contribution in [0.5, 0.6) is 5.75 Å². The highest BCUT2D eigenvalue weighted by atomic mass is 19.1. The van der Waals surface area contributed by atoms with Gasteiger partial charge in [-0.25, -0.2) is 14.4 Å². The first-order valence-corrected chi connectivity index (χ1v) is 10.3. The van der Waals surface area contributed by atoms with Gasteiger partial charge >= 0.3 is 0 Å². The van der Waals surface area contributed by atoms with Gasteiger partial charge in [0.05, 0.1) is 11.7 Å². The molecule has 2 aliphatic heterocycles. The Labute approximate surface area is 170 Å². The van der Waals surface area contributed by atoms with Crippen LogP contribution >= 0.6 is 0 Å². The highest BCUT2D eigenvalue weighted by molar-refractivity contribution is 5.73. The summed E-state index contributed by atoms with van der Waals surface area (Å²) >= 11 is 0. The Kier molecular flexibility index (Phi) is 6.04. The van der Waals surface area contributed by atoms with Crippen molar-refractivity contribution in [3.05, 3.63) is 53.4 Å². The molecule has 2 aromatic rings. The van der Waals surface area contributed by atoms with E-state index >= 15 is 0 Å². The van der Waals surface area contributed by atoms with Crippen molar-refractivity contribution in [2.45, 2.75) is 45.2 Å². The van der Waals surface area contributed by atoms with Gasteiger partial charge in [-0.1, -0.05) is 6.42 Å². The van der Waals surface area contributed by atoms with E-state index in [9.17, 15) is 9.18 Å². The highest BCUT2D eigenvalue weighted by Crippen LogP contribution is 2.29. The van der Waals surface area contributed by atoms with Crippen LogP contribution in [0, 0.1) is 5.82 Å². The molecule has 0 radical (unpaired) electrons. The Morgan fingerprint density at radius 1 is 1.24 bits per heavy atom. The predicted octanol–water partition coefficient (Wildman–Crippen LogP) is 3.13. The van der Waals surface area contributed by atoms with E-state index in [2.05, 4.69) is 9.88 Å². The van der Waals surface area contributed by atoms with Gasteiger partial charge in [0.2, 0.25) is 5.91 Å². The average molecular weight is 398 g/mol. The first-order chi connectivity index (χ1) is 14.1. The lowest BCUT2D eigenvalue weighted by Crippen LogP contribution is -2.38. The first-order valence-electron chi connectivity index (χ1n) is 10.3. The van der Waals surface area contributed by atoms with Crippen LogP contribution in [0.3, 0.4) is 0 Å². The summed E-state index contributed by atoms with van der Waals surface area (Å²) in [5.74, 6) is 1.39. The van der Waals surface area contributed by atoms with E-state index in [1.807, 2.05) is 11.1 Å². The quantitative estimate of drug-likeness (QED) is 0.775. The molecule has 7 heteroatoms. The fourth-order valence-corrected chi connectivity index (χ4v) is 4.12. The van der Waals surface area contributed by atoms with Gasteiger partial charge in [-0.3, -0.25) is 9.69 Å². The van der Waals surface area contributed by atoms with Gasteiger partial charge in [-0.05, 0) is 43.7 Å². The van der Waals surface area contributed by atoms with Gasteiger partial charge in [0, 0.05) is 44.7 Å². The summed E-state index contributed by atoms with van der Waals surface area (Å²) in [6.07, 6.45) is 6.04. The number of benzene rings is 1. The number of carbonyl (C=O) groups is 1. The number of halogens is 1. The van der Waals surface area contributed by atoms with Crippen LogP contribution in [0.15, 0.2) is 30.5 Å². The molecular weight excluding hydrogens is 371 g/mol. The first kappa shape index (κ1) is 19.8. The van der Waals surface area contributed by atoms with Crippen LogP contribution < -0.4 is 4.74 Å². The summed E-state index contributed by atoms with van der Waals surface area (Å²) in [5.41, 5.74) is 2.12. The van der Waals surface area contributed by atoms with E-state index in [1.54, 1.807) is 19.1 Å². The molecule has 0 unspecified atom stereocenters. The third kappa shape index (κ3) is 4.72. The molecule has 0 spiro atoms. The fourth-order valence-electron chi connectivity index (χ4n) is 4.12. The minimum absolute atomic E-state index is 0.0966. The predicted molar refractivity (Wildman–Crippen MR) is 107 cm³/mol. The van der Waals surface area contributed by atoms with Crippen molar-refractivity contribution in [1.82, 2.24) is 19.8 Å². The van der Waals surface area contributed by atoms with Crippen molar-refractivity contribution < 1.29 is 13.9 Å². The Balaban J connectivity index is 1.41. The van der Waals surface area contributed by atoms with Crippen LogP contribution in [0.4, 0.5) is 4.39 Å². The van der Waals surface area contributed by atoms with E-state index in [1.165, 1.54) is 18.6 Å². The number of amides is 1. The molecular formula is C22H27FN4O2. The number of likely N-dealkylation sites (tertiary alicyclic amines) is 1. The number of nitrogens with zero attached hydrogens (tertiary/aromatic N) is 4. The molecule has 1 aromatic carbocycles. The van der Waals surface area contributed by atoms with E-state index in [-0.39, 0.29) is 17.8 Å². The standard InChI is InChI=1S/C22H27FN4O2/c1-16(28)27-11-9-20-17(15-27)14-24-22(25-20)21-4-2-3-10-26(21)12-13-29-19-7-5-18(23)6-8-19/h5-8,14,21H,2-4,9-13,15H2,1H3/t21-/m1/s1. The lowest BCUT2D eigenvalue weighted by molar-refractivity contribution is -0.129. The molecule has 1 amide bonds. The molecule has 154 valence electrons. The number of aromatic nitrogens is 2. The number of hydrogen-bond donors (Lipinski definition) is 0. The highest BCUT2D eigenvalue weighted by Gasteiger charge is 2.28. The summed E-state index contributed by atoms with van der Waals surface area (Å²) in [4.78, 5) is 25.4. The summed E-state index contributed by atoms with van der Waals surface area (Å²) in [6, 6.07) is 6.32. The van der Waals surface area contributed by atoms with Crippen molar-refractivity contribution in [1.29, 1.82) is 0 Å². The Bertz CT molecular complexity index is 858. The number of piperidine rings is 1. The second kappa shape index (κ2) is 8.86. The fraction of sp³-hybridized carbons (Fsp3) is 0.500. The largest absolute Gasteiger partial charge is 0.492 e. The van der Waals surface area contributed by atoms with E-state index in [4.69, 9.17) is 9.72 Å². The van der Waals surface area contributed by atoms with E-state index in [0.29, 0.717) is 18.9 Å². The van der Waals surface area contributed by atoms with Gasteiger partial charge in [0.1, 0.15) is 24.0 Å². The van der Waals surface area contributed by atoms with Crippen molar-refractivity contribution in [2.75, 3.05) is 26.2 Å². The number of hydrogen-bond acceptors (Lipinski definition) is 5. The zero-order chi connectivity index (χ0) is 20.2. The molecule has 1 aromatic heterocycles. The number of fused-ring (bicyclic) bond motifs is 1. The average Bonchev–Trinajstić information content (AvgIpc) is 2.74. The van der Waals surface area contributed by atoms with Crippen LogP contribution in [0.25, 0.3) is 0 Å². The molecule has 0 N–H and O–H groups in total. The molecule has 0 bridgehead atoms. The van der Waals surface area contributed by atoms with Crippen molar-refractivity contribution in [3.63, 3.8) is 0 Å². The molecule has 0 saturated carbocycles. The third-order valence-corrected chi connectivity index (χ3v) is 5.77. The Hall–Kier alpha value is -2.54. The zero-order valence-corrected chi connectivity index (χ0v) is 16.8. The molecule has 3 heterocycles. The topological polar surface area (TPSA) is 58.6 Å². The monoisotopic (exact) mass is 398 g/mol. The lowest BCUT2D eigenvalue weighted by Gasteiger charge is -2.35. The van der Waals surface area contributed by atoms with E-state index < -0.39 is 0 Å². The Morgan fingerprint density at radius 2 is 2.07 bits per heavy atom. The SMILES string of the molecule is CC(=O)N1CCc2nc([C@H]3CCCCN3CCOc3ccc(F)cc3)ncc2C1. The Morgan fingerprint density at radius 3 is 2.86 bits per heavy atom. The normalized spacial score (nSPS) is 19.7. The van der Waals surface area contributed by atoms with Crippen LogP contribution in [-0.2, 0) is 17.8 Å². The van der Waals surface area contributed by atoms with Crippen LogP contribution in [-0.4, -0.2) is 51.9 Å². The molecule has 6 nitrogen and oxygen atoms in total. The minimum atomic E-state index is -0.260. The van der Waals surface area contributed by atoms with E-state index in [0.717, 1.165) is 56.0 Å². The number of ether oxygens (including phenoxy) is 1. The number of rotatable bonds is 5. The van der Waals surface area contributed by atoms with Crippen LogP contribution in [0.2, 0.25) is 0 Å².